The van der Waals surface area contributed by atoms with E-state index in [1.165, 1.54) is 31.4 Å². The topological polar surface area (TPSA) is 63.6 Å². The van der Waals surface area contributed by atoms with E-state index in [2.05, 4.69) is 4.74 Å². The summed E-state index contributed by atoms with van der Waals surface area (Å²) in [6.45, 7) is 3.26. The maximum atomic E-state index is 12.8. The number of hydrogen-bond acceptors (Lipinski definition) is 3. The molecule has 134 valence electrons. The van der Waals surface area contributed by atoms with Gasteiger partial charge in [-0.15, -0.1) is 0 Å². The van der Waals surface area contributed by atoms with Gasteiger partial charge < -0.3 is 9.84 Å². The van der Waals surface area contributed by atoms with Crippen LogP contribution in [0.5, 0.6) is 0 Å². The van der Waals surface area contributed by atoms with Gasteiger partial charge in [-0.1, -0.05) is 0 Å². The number of benzene rings is 2. The normalized spacial score (nSPS) is 9.88. The van der Waals surface area contributed by atoms with E-state index in [1.54, 1.807) is 36.4 Å². The summed E-state index contributed by atoms with van der Waals surface area (Å²) in [6, 6.07) is 5.04. The molecule has 0 spiro atoms. The second-order valence-electron chi connectivity index (χ2n) is 4.96. The van der Waals surface area contributed by atoms with E-state index in [0.717, 1.165) is 0 Å². The van der Waals surface area contributed by atoms with Crippen LogP contribution in [0.25, 0.3) is 0 Å². The predicted octanol–water partition coefficient (Wildman–Crippen LogP) is 4.96. The summed E-state index contributed by atoms with van der Waals surface area (Å²) in [5, 5.41) is 8.71. The van der Waals surface area contributed by atoms with Crippen molar-refractivity contribution in [3.05, 3.63) is 65.3 Å². The number of hydrogen-bond donors (Lipinski definition) is 1. The Kier molecular flexibility index (Phi) is 8.19. The molecular formula is C17H14F2I2O4. The minimum absolute atomic E-state index is 0.178. The second kappa shape index (κ2) is 9.41. The molecule has 25 heavy (non-hydrogen) atoms. The van der Waals surface area contributed by atoms with Gasteiger partial charge in [0.2, 0.25) is 0 Å². The van der Waals surface area contributed by atoms with Gasteiger partial charge in [0.1, 0.15) is 11.6 Å². The summed E-state index contributed by atoms with van der Waals surface area (Å²) in [4.78, 5) is 21.8. The third kappa shape index (κ3) is 5.87. The predicted molar refractivity (Wildman–Crippen MR) is 106 cm³/mol. The Hall–Kier alpha value is -1.30. The first-order valence-electron chi connectivity index (χ1n) is 6.81. The highest BCUT2D eigenvalue weighted by molar-refractivity contribution is 14.1. The molecule has 4 nitrogen and oxygen atoms in total. The number of methoxy groups -OCH3 is 1. The average molecular weight is 574 g/mol. The zero-order chi connectivity index (χ0) is 19.3. The number of carbonyl (C=O) groups is 2. The van der Waals surface area contributed by atoms with E-state index in [1.807, 2.05) is 22.6 Å². The maximum Gasteiger partial charge on any atom is 0.339 e. The number of halogens is 4. The van der Waals surface area contributed by atoms with Gasteiger partial charge in [0.15, 0.2) is 0 Å². The Bertz CT molecular complexity index is 776. The van der Waals surface area contributed by atoms with Gasteiger partial charge in [-0.2, -0.15) is 0 Å². The van der Waals surface area contributed by atoms with Crippen LogP contribution >= 0.6 is 45.2 Å². The van der Waals surface area contributed by atoms with Crippen molar-refractivity contribution < 1.29 is 28.2 Å². The number of carboxylic acid groups (broad SMARTS) is 1. The summed E-state index contributed by atoms with van der Waals surface area (Å²) in [5.74, 6) is -2.18. The summed E-state index contributed by atoms with van der Waals surface area (Å²) in [6.07, 6.45) is 0. The number of carboxylic acids is 1. The van der Waals surface area contributed by atoms with Crippen LogP contribution in [-0.2, 0) is 4.74 Å². The molecule has 8 heteroatoms. The minimum Gasteiger partial charge on any atom is -0.478 e. The molecular weight excluding hydrogens is 560 g/mol. The van der Waals surface area contributed by atoms with Gasteiger partial charge in [0, 0.05) is 7.14 Å². The van der Waals surface area contributed by atoms with E-state index in [4.69, 9.17) is 5.11 Å². The Morgan fingerprint density at radius 3 is 1.64 bits per heavy atom. The van der Waals surface area contributed by atoms with E-state index < -0.39 is 17.8 Å². The lowest BCUT2D eigenvalue weighted by Gasteiger charge is -2.05. The van der Waals surface area contributed by atoms with Gasteiger partial charge >= 0.3 is 11.9 Å². The standard InChI is InChI=1S/C9H8FIO2.C8H6FIO2/c1-5-3-6(10)4-7(11)8(5)9(12)13-2;1-4-2-5(9)3-6(10)7(4)8(11)12/h3-4H,1-2H3;2-3H,1H3,(H,11,12). The van der Waals surface area contributed by atoms with Crippen molar-refractivity contribution in [1.82, 2.24) is 0 Å². The van der Waals surface area contributed by atoms with Gasteiger partial charge in [0.25, 0.3) is 0 Å². The Morgan fingerprint density at radius 1 is 0.920 bits per heavy atom. The molecule has 0 aromatic heterocycles. The van der Waals surface area contributed by atoms with E-state index in [0.29, 0.717) is 23.8 Å². The zero-order valence-electron chi connectivity index (χ0n) is 13.5. The first kappa shape index (κ1) is 21.7. The highest BCUT2D eigenvalue weighted by atomic mass is 127. The van der Waals surface area contributed by atoms with Crippen LogP contribution in [-0.4, -0.2) is 24.2 Å². The number of carbonyl (C=O) groups excluding carboxylic acids is 1. The van der Waals surface area contributed by atoms with Crippen molar-refractivity contribution >= 4 is 57.1 Å². The van der Waals surface area contributed by atoms with Crippen LogP contribution in [0.4, 0.5) is 8.78 Å². The molecule has 0 saturated carbocycles. The molecule has 0 radical (unpaired) electrons. The highest BCUT2D eigenvalue weighted by Gasteiger charge is 2.14. The molecule has 2 aromatic carbocycles. The fourth-order valence-electron chi connectivity index (χ4n) is 2.04. The molecule has 0 bridgehead atoms. The molecule has 0 heterocycles. The molecule has 0 amide bonds. The van der Waals surface area contributed by atoms with Crippen molar-refractivity contribution in [1.29, 1.82) is 0 Å². The fraction of sp³-hybridized carbons (Fsp3) is 0.176. The van der Waals surface area contributed by atoms with Crippen LogP contribution in [0, 0.1) is 32.6 Å². The molecule has 0 aliphatic heterocycles. The van der Waals surface area contributed by atoms with Crippen LogP contribution in [0.2, 0.25) is 0 Å². The first-order valence-corrected chi connectivity index (χ1v) is 8.97. The van der Waals surface area contributed by atoms with E-state index in [9.17, 15) is 18.4 Å². The molecule has 0 aliphatic rings. The molecule has 2 rings (SSSR count). The van der Waals surface area contributed by atoms with Crippen molar-refractivity contribution in [2.24, 2.45) is 0 Å². The third-order valence-electron chi connectivity index (χ3n) is 3.11. The van der Waals surface area contributed by atoms with Gasteiger partial charge in [-0.3, -0.25) is 0 Å². The molecule has 0 atom stereocenters. The van der Waals surface area contributed by atoms with Gasteiger partial charge in [0.05, 0.1) is 18.2 Å². The monoisotopic (exact) mass is 574 g/mol. The molecule has 0 unspecified atom stereocenters. The number of aromatic carboxylic acids is 1. The van der Waals surface area contributed by atoms with Crippen molar-refractivity contribution in [3.63, 3.8) is 0 Å². The largest absolute Gasteiger partial charge is 0.478 e. The summed E-state index contributed by atoms with van der Waals surface area (Å²) in [5.41, 5.74) is 1.66. The van der Waals surface area contributed by atoms with Crippen LogP contribution in [0.3, 0.4) is 0 Å². The lowest BCUT2D eigenvalue weighted by molar-refractivity contribution is 0.0597. The molecule has 0 fully saturated rings. The van der Waals surface area contributed by atoms with Crippen LogP contribution in [0.1, 0.15) is 31.8 Å². The maximum absolute atomic E-state index is 12.8. The SMILES string of the molecule is COC(=O)c1c(C)cc(F)cc1I.Cc1cc(F)cc(I)c1C(=O)O. The van der Waals surface area contributed by atoms with Crippen molar-refractivity contribution in [2.75, 3.05) is 7.11 Å². The van der Waals surface area contributed by atoms with Crippen LogP contribution < -0.4 is 0 Å². The third-order valence-corrected chi connectivity index (χ3v) is 4.81. The highest BCUT2D eigenvalue weighted by Crippen LogP contribution is 2.19. The molecule has 0 saturated heterocycles. The fourth-order valence-corrected chi connectivity index (χ4v) is 3.93. The van der Waals surface area contributed by atoms with E-state index in [-0.39, 0.29) is 11.4 Å². The first-order chi connectivity index (χ1) is 11.6. The Morgan fingerprint density at radius 2 is 1.32 bits per heavy atom. The Labute approximate surface area is 170 Å². The minimum atomic E-state index is -1.02. The molecule has 2 aromatic rings. The zero-order valence-corrected chi connectivity index (χ0v) is 17.8. The number of aryl methyl sites for hydroxylation is 2. The number of ether oxygens (including phenoxy) is 1. The van der Waals surface area contributed by atoms with Crippen molar-refractivity contribution in [2.45, 2.75) is 13.8 Å². The number of esters is 1. The van der Waals surface area contributed by atoms with Crippen LogP contribution in [0.15, 0.2) is 24.3 Å². The van der Waals surface area contributed by atoms with Gasteiger partial charge in [-0.25, -0.2) is 18.4 Å². The number of rotatable bonds is 2. The van der Waals surface area contributed by atoms with E-state index >= 15 is 0 Å². The smallest absolute Gasteiger partial charge is 0.339 e. The lowest BCUT2D eigenvalue weighted by atomic mass is 10.1. The second-order valence-corrected chi connectivity index (χ2v) is 7.28. The average Bonchev–Trinajstić information content (AvgIpc) is 2.44. The summed E-state index contributed by atoms with van der Waals surface area (Å²) < 4.78 is 31.1. The van der Waals surface area contributed by atoms with Crippen molar-refractivity contribution in [3.8, 4) is 0 Å². The summed E-state index contributed by atoms with van der Waals surface area (Å²) in [7, 11) is 1.31. The summed E-state index contributed by atoms with van der Waals surface area (Å²) >= 11 is 3.72. The quantitative estimate of drug-likeness (QED) is 0.407. The molecule has 1 N–H and O–H groups in total. The van der Waals surface area contributed by atoms with Gasteiger partial charge in [-0.05, 0) is 94.4 Å². The Balaban J connectivity index is 0.000000251. The molecule has 0 aliphatic carbocycles. The lowest BCUT2D eigenvalue weighted by Crippen LogP contribution is -2.06.